The number of nitriles is 1. The molecule has 0 amide bonds. The maximum Gasteiger partial charge on any atom is 0.416 e. The molecule has 1 aliphatic rings. The maximum atomic E-state index is 13.1. The van der Waals surface area contributed by atoms with E-state index < -0.39 is 27.9 Å². The van der Waals surface area contributed by atoms with Crippen LogP contribution in [-0.4, -0.2) is 50.3 Å². The molecule has 11 heteroatoms. The number of alkyl halides is 3. The van der Waals surface area contributed by atoms with E-state index in [1.807, 2.05) is 18.2 Å². The molecule has 0 saturated carbocycles. The SMILES string of the molecule is N#Cc1ccccc1S(=O)(=O)N1CCN(C[C@H](OCc2ccc(C(F)(F)F)cc2)c2ccc(Cl)cc2)CC1. The highest BCUT2D eigenvalue weighted by Gasteiger charge is 2.32. The number of hydrogen-bond acceptors (Lipinski definition) is 5. The van der Waals surface area contributed by atoms with Crippen LogP contribution in [-0.2, 0) is 27.5 Å². The van der Waals surface area contributed by atoms with Gasteiger partial charge in [-0.15, -0.1) is 0 Å². The lowest BCUT2D eigenvalue weighted by Gasteiger charge is -2.36. The highest BCUT2D eigenvalue weighted by molar-refractivity contribution is 7.89. The number of rotatable bonds is 8. The minimum atomic E-state index is -4.41. The summed E-state index contributed by atoms with van der Waals surface area (Å²) in [5.74, 6) is 0. The summed E-state index contributed by atoms with van der Waals surface area (Å²) in [5, 5.41) is 9.88. The van der Waals surface area contributed by atoms with Gasteiger partial charge in [0.2, 0.25) is 10.0 Å². The fourth-order valence-electron chi connectivity index (χ4n) is 4.23. The van der Waals surface area contributed by atoms with Crippen LogP contribution in [0, 0.1) is 11.3 Å². The minimum Gasteiger partial charge on any atom is -0.368 e. The Kier molecular flexibility index (Phi) is 8.75. The molecule has 4 rings (SSSR count). The van der Waals surface area contributed by atoms with Crippen molar-refractivity contribution in [2.45, 2.75) is 23.8 Å². The van der Waals surface area contributed by atoms with Crippen LogP contribution in [0.1, 0.15) is 28.4 Å². The second kappa shape index (κ2) is 11.8. The van der Waals surface area contributed by atoms with E-state index in [9.17, 15) is 26.9 Å². The molecule has 0 radical (unpaired) electrons. The maximum absolute atomic E-state index is 13.1. The third kappa shape index (κ3) is 6.73. The Labute approximate surface area is 224 Å². The van der Waals surface area contributed by atoms with E-state index in [2.05, 4.69) is 4.90 Å². The first-order valence-electron chi connectivity index (χ1n) is 11.8. The van der Waals surface area contributed by atoms with Gasteiger partial charge in [-0.1, -0.05) is 48.0 Å². The fraction of sp³-hybridized carbons (Fsp3) is 0.296. The summed E-state index contributed by atoms with van der Waals surface area (Å²) in [6.07, 6.45) is -4.82. The first-order valence-corrected chi connectivity index (χ1v) is 13.6. The van der Waals surface area contributed by atoms with E-state index in [1.54, 1.807) is 24.3 Å². The Hall–Kier alpha value is -2.94. The van der Waals surface area contributed by atoms with Crippen LogP contribution < -0.4 is 0 Å². The molecule has 1 atom stereocenters. The molecule has 6 nitrogen and oxygen atoms in total. The lowest BCUT2D eigenvalue weighted by molar-refractivity contribution is -0.137. The number of ether oxygens (including phenoxy) is 1. The Bertz CT molecular complexity index is 1380. The summed E-state index contributed by atoms with van der Waals surface area (Å²) in [7, 11) is -3.82. The van der Waals surface area contributed by atoms with E-state index >= 15 is 0 Å². The van der Waals surface area contributed by atoms with Crippen molar-refractivity contribution in [2.24, 2.45) is 0 Å². The Morgan fingerprint density at radius 1 is 0.947 bits per heavy atom. The molecule has 3 aromatic rings. The molecule has 1 saturated heterocycles. The van der Waals surface area contributed by atoms with Gasteiger partial charge in [0.25, 0.3) is 0 Å². The summed E-state index contributed by atoms with van der Waals surface area (Å²) in [5.41, 5.74) is 0.832. The van der Waals surface area contributed by atoms with Gasteiger partial charge in [0, 0.05) is 37.7 Å². The first kappa shape index (κ1) is 28.1. The third-order valence-electron chi connectivity index (χ3n) is 6.35. The third-order valence-corrected chi connectivity index (χ3v) is 8.56. The normalized spacial score (nSPS) is 16.2. The van der Waals surface area contributed by atoms with Gasteiger partial charge in [-0.05, 0) is 47.5 Å². The standard InChI is InChI=1S/C27H25ClF3N3O3S/c28-24-11-7-21(8-12-24)25(37-19-20-5-9-23(10-6-20)27(29,30)31)18-33-13-15-34(16-14-33)38(35,36)26-4-2-1-3-22(26)17-32/h1-12,25H,13-16,18-19H2/t25-/m0/s1. The first-order chi connectivity index (χ1) is 18.1. The molecule has 0 aromatic heterocycles. The molecule has 0 bridgehead atoms. The van der Waals surface area contributed by atoms with E-state index in [1.165, 1.54) is 28.6 Å². The molecule has 200 valence electrons. The van der Waals surface area contributed by atoms with E-state index in [-0.39, 0.29) is 30.2 Å². The fourth-order valence-corrected chi connectivity index (χ4v) is 5.92. The summed E-state index contributed by atoms with van der Waals surface area (Å²) >= 11 is 6.04. The van der Waals surface area contributed by atoms with Crippen molar-refractivity contribution in [3.63, 3.8) is 0 Å². The lowest BCUT2D eigenvalue weighted by Crippen LogP contribution is -2.49. The smallest absolute Gasteiger partial charge is 0.368 e. The Morgan fingerprint density at radius 2 is 1.58 bits per heavy atom. The van der Waals surface area contributed by atoms with Crippen LogP contribution in [0.3, 0.4) is 0 Å². The summed E-state index contributed by atoms with van der Waals surface area (Å²) < 4.78 is 72.4. The number of piperazine rings is 1. The van der Waals surface area contributed by atoms with Crippen molar-refractivity contribution in [2.75, 3.05) is 32.7 Å². The van der Waals surface area contributed by atoms with Gasteiger partial charge >= 0.3 is 6.18 Å². The van der Waals surface area contributed by atoms with Crippen LogP contribution in [0.15, 0.2) is 77.7 Å². The van der Waals surface area contributed by atoms with Gasteiger partial charge in [-0.25, -0.2) is 8.42 Å². The van der Waals surface area contributed by atoms with Crippen molar-refractivity contribution in [1.29, 1.82) is 5.26 Å². The molecule has 38 heavy (non-hydrogen) atoms. The molecule has 0 N–H and O–H groups in total. The van der Waals surface area contributed by atoms with E-state index in [0.717, 1.165) is 17.7 Å². The second-order valence-corrected chi connectivity index (χ2v) is 11.2. The van der Waals surface area contributed by atoms with Crippen LogP contribution in [0.5, 0.6) is 0 Å². The molecule has 1 heterocycles. The van der Waals surface area contributed by atoms with Crippen molar-refractivity contribution < 1.29 is 26.3 Å². The zero-order chi connectivity index (χ0) is 27.3. The predicted octanol–water partition coefficient (Wildman–Crippen LogP) is 5.49. The molecule has 0 aliphatic carbocycles. The highest BCUT2D eigenvalue weighted by atomic mass is 35.5. The van der Waals surface area contributed by atoms with E-state index in [4.69, 9.17) is 16.3 Å². The summed E-state index contributed by atoms with van der Waals surface area (Å²) in [6.45, 7) is 1.93. The topological polar surface area (TPSA) is 73.6 Å². The quantitative estimate of drug-likeness (QED) is 0.362. The largest absolute Gasteiger partial charge is 0.416 e. The number of nitrogens with zero attached hydrogens (tertiary/aromatic N) is 3. The summed E-state index contributed by atoms with van der Waals surface area (Å²) in [6, 6.07) is 20.1. The average Bonchev–Trinajstić information content (AvgIpc) is 2.91. The van der Waals surface area contributed by atoms with Crippen molar-refractivity contribution in [3.8, 4) is 6.07 Å². The average molecular weight is 564 g/mol. The van der Waals surface area contributed by atoms with Gasteiger partial charge in [-0.2, -0.15) is 22.7 Å². The minimum absolute atomic E-state index is 0.00475. The van der Waals surface area contributed by atoms with Gasteiger partial charge < -0.3 is 4.74 Å². The molecule has 3 aromatic carbocycles. The zero-order valence-corrected chi connectivity index (χ0v) is 21.8. The van der Waals surface area contributed by atoms with Crippen LogP contribution in [0.2, 0.25) is 5.02 Å². The number of sulfonamides is 1. The Balaban J connectivity index is 1.43. The van der Waals surface area contributed by atoms with E-state index in [0.29, 0.717) is 30.2 Å². The lowest BCUT2D eigenvalue weighted by atomic mass is 10.1. The number of hydrogen-bond donors (Lipinski definition) is 0. The van der Waals surface area contributed by atoms with Crippen LogP contribution >= 0.6 is 11.6 Å². The predicted molar refractivity (Wildman–Crippen MR) is 137 cm³/mol. The van der Waals surface area contributed by atoms with Gasteiger partial charge in [-0.3, -0.25) is 4.90 Å². The monoisotopic (exact) mass is 563 g/mol. The van der Waals surface area contributed by atoms with Crippen molar-refractivity contribution in [3.05, 3.63) is 100 Å². The molecular formula is C27H25ClF3N3O3S. The molecule has 1 aliphatic heterocycles. The van der Waals surface area contributed by atoms with Crippen molar-refractivity contribution >= 4 is 21.6 Å². The zero-order valence-electron chi connectivity index (χ0n) is 20.2. The molecular weight excluding hydrogens is 539 g/mol. The van der Waals surface area contributed by atoms with Gasteiger partial charge in [0.05, 0.1) is 28.7 Å². The van der Waals surface area contributed by atoms with Gasteiger partial charge in [0.15, 0.2) is 0 Å². The van der Waals surface area contributed by atoms with Crippen molar-refractivity contribution in [1.82, 2.24) is 9.21 Å². The second-order valence-electron chi connectivity index (χ2n) is 8.86. The van der Waals surface area contributed by atoms with Crippen LogP contribution in [0.4, 0.5) is 13.2 Å². The Morgan fingerprint density at radius 3 is 2.18 bits per heavy atom. The number of halogens is 4. The molecule has 1 fully saturated rings. The summed E-state index contributed by atoms with van der Waals surface area (Å²) in [4.78, 5) is 2.07. The van der Waals surface area contributed by atoms with Gasteiger partial charge in [0.1, 0.15) is 6.07 Å². The molecule has 0 spiro atoms. The van der Waals surface area contributed by atoms with Crippen LogP contribution in [0.25, 0.3) is 0 Å². The number of benzene rings is 3. The highest BCUT2D eigenvalue weighted by Crippen LogP contribution is 2.30. The molecule has 0 unspecified atom stereocenters.